The highest BCUT2D eigenvalue weighted by Gasteiger charge is 2.61. The molecule has 4 unspecified atom stereocenters. The molecular weight excluding hydrogens is 332 g/mol. The largest absolute Gasteiger partial charge is 0.507 e. The monoisotopic (exact) mass is 362 g/mol. The van der Waals surface area contributed by atoms with Gasteiger partial charge in [-0.05, 0) is 24.2 Å². The highest BCUT2D eigenvalue weighted by atomic mass is 16.5. The Labute approximate surface area is 155 Å². The Morgan fingerprint density at radius 3 is 2.27 bits per heavy atom. The van der Waals surface area contributed by atoms with Crippen molar-refractivity contribution >= 4 is 11.6 Å². The third-order valence-electron chi connectivity index (χ3n) is 6.84. The molecule has 0 aromatic heterocycles. The van der Waals surface area contributed by atoms with Crippen LogP contribution in [0.2, 0.25) is 0 Å². The number of ketones is 2. The summed E-state index contributed by atoms with van der Waals surface area (Å²) in [4.78, 5) is 26.0. The van der Waals surface area contributed by atoms with Crippen LogP contribution < -0.4 is 0 Å². The quantitative estimate of drug-likeness (QED) is 0.582. The fourth-order valence-corrected chi connectivity index (χ4v) is 5.92. The lowest BCUT2D eigenvalue weighted by molar-refractivity contribution is -0.143. The van der Waals surface area contributed by atoms with Crippen LogP contribution in [-0.4, -0.2) is 41.1 Å². The second-order valence-corrected chi connectivity index (χ2v) is 9.25. The van der Waals surface area contributed by atoms with Gasteiger partial charge in [-0.15, -0.1) is 0 Å². The molecule has 3 rings (SSSR count). The van der Waals surface area contributed by atoms with Gasteiger partial charge in [-0.3, -0.25) is 9.59 Å². The fourth-order valence-electron chi connectivity index (χ4n) is 5.92. The summed E-state index contributed by atoms with van der Waals surface area (Å²) in [5, 5.41) is 22.1. The lowest BCUT2D eigenvalue weighted by Crippen LogP contribution is -2.59. The summed E-state index contributed by atoms with van der Waals surface area (Å²) in [6, 6.07) is 0. The van der Waals surface area contributed by atoms with Crippen LogP contribution in [0.5, 0.6) is 0 Å². The normalized spacial score (nSPS) is 37.2. The maximum absolute atomic E-state index is 13.2. The molecule has 26 heavy (non-hydrogen) atoms. The van der Waals surface area contributed by atoms with E-state index in [1.807, 2.05) is 6.92 Å². The molecule has 3 aliphatic rings. The third-order valence-corrected chi connectivity index (χ3v) is 6.84. The number of methoxy groups -OCH3 is 1. The van der Waals surface area contributed by atoms with E-state index in [-0.39, 0.29) is 28.6 Å². The number of aliphatic hydroxyl groups is 2. The maximum Gasteiger partial charge on any atom is 0.233 e. The lowest BCUT2D eigenvalue weighted by atomic mass is 9.47. The Kier molecular flexibility index (Phi) is 4.48. The van der Waals surface area contributed by atoms with Crippen molar-refractivity contribution in [1.82, 2.24) is 0 Å². The van der Waals surface area contributed by atoms with Gasteiger partial charge < -0.3 is 14.9 Å². The van der Waals surface area contributed by atoms with E-state index in [9.17, 15) is 19.8 Å². The van der Waals surface area contributed by atoms with Gasteiger partial charge in [0, 0.05) is 35.2 Å². The van der Waals surface area contributed by atoms with Crippen molar-refractivity contribution < 1.29 is 24.5 Å². The summed E-state index contributed by atoms with van der Waals surface area (Å²) in [5.74, 6) is -1.85. The number of hydrogen-bond acceptors (Lipinski definition) is 5. The Hall–Kier alpha value is -1.46. The Bertz CT molecular complexity index is 727. The second kappa shape index (κ2) is 6.03. The first kappa shape index (κ1) is 19.3. The van der Waals surface area contributed by atoms with Crippen LogP contribution in [0.1, 0.15) is 53.9 Å². The minimum Gasteiger partial charge on any atom is -0.507 e. The highest BCUT2D eigenvalue weighted by molar-refractivity contribution is 6.50. The van der Waals surface area contributed by atoms with Gasteiger partial charge >= 0.3 is 0 Å². The van der Waals surface area contributed by atoms with Gasteiger partial charge in [0.2, 0.25) is 11.6 Å². The van der Waals surface area contributed by atoms with Crippen LogP contribution in [0, 0.1) is 22.7 Å². The molecule has 1 saturated carbocycles. The zero-order valence-corrected chi connectivity index (χ0v) is 16.5. The molecule has 144 valence electrons. The molecule has 2 N–H and O–H groups in total. The summed E-state index contributed by atoms with van der Waals surface area (Å²) < 4.78 is 5.58. The molecule has 4 atom stereocenters. The van der Waals surface area contributed by atoms with E-state index in [2.05, 4.69) is 13.8 Å². The van der Waals surface area contributed by atoms with Crippen LogP contribution in [0.4, 0.5) is 0 Å². The van der Waals surface area contributed by atoms with Crippen molar-refractivity contribution in [3.8, 4) is 0 Å². The van der Waals surface area contributed by atoms with Gasteiger partial charge in [0.15, 0.2) is 0 Å². The SMILES string of the molecule is COC1C2=C(C(=O)C(=O)C(C(C)C)=C2O)C2(C)CCCC(C)(C)C2C1O. The topological polar surface area (TPSA) is 83.8 Å². The number of carbonyl (C=O) groups is 2. The molecule has 0 spiro atoms. The molecule has 0 bridgehead atoms. The number of ether oxygens (including phenoxy) is 1. The minimum atomic E-state index is -0.851. The molecule has 0 amide bonds. The Balaban J connectivity index is 2.35. The second-order valence-electron chi connectivity index (χ2n) is 9.25. The van der Waals surface area contributed by atoms with Crippen molar-refractivity contribution in [2.45, 2.75) is 66.1 Å². The van der Waals surface area contributed by atoms with Gasteiger partial charge in [-0.25, -0.2) is 0 Å². The van der Waals surface area contributed by atoms with Crippen molar-refractivity contribution in [3.05, 3.63) is 22.5 Å². The first-order valence-electron chi connectivity index (χ1n) is 9.47. The van der Waals surface area contributed by atoms with E-state index in [0.717, 1.165) is 12.8 Å². The number of fused-ring (bicyclic) bond motifs is 2. The van der Waals surface area contributed by atoms with Gasteiger partial charge in [-0.2, -0.15) is 0 Å². The number of Topliss-reactive ketones (excluding diaryl/α,β-unsaturated/α-hetero) is 2. The van der Waals surface area contributed by atoms with E-state index in [0.29, 0.717) is 17.6 Å². The molecule has 5 nitrogen and oxygen atoms in total. The molecule has 0 radical (unpaired) electrons. The van der Waals surface area contributed by atoms with Gasteiger partial charge in [0.1, 0.15) is 11.9 Å². The van der Waals surface area contributed by atoms with Crippen LogP contribution in [0.25, 0.3) is 0 Å². The van der Waals surface area contributed by atoms with E-state index in [1.165, 1.54) is 7.11 Å². The smallest absolute Gasteiger partial charge is 0.233 e. The summed E-state index contributed by atoms with van der Waals surface area (Å²) in [5.41, 5.74) is -0.0542. The number of hydrogen-bond donors (Lipinski definition) is 2. The van der Waals surface area contributed by atoms with Crippen molar-refractivity contribution in [3.63, 3.8) is 0 Å². The Morgan fingerprint density at radius 1 is 1.12 bits per heavy atom. The standard InChI is InChI=1S/C21H30O5/c1-10(2)11-14(22)12-13(16(24)15(11)23)21(5)9-7-8-20(3,4)19(21)17(25)18(12)26-6/h10,17-19,22,25H,7-9H2,1-6H3. The van der Waals surface area contributed by atoms with E-state index < -0.39 is 29.2 Å². The zero-order chi connectivity index (χ0) is 19.6. The Morgan fingerprint density at radius 2 is 1.73 bits per heavy atom. The average molecular weight is 362 g/mol. The predicted octanol–water partition coefficient (Wildman–Crippen LogP) is 3.13. The van der Waals surface area contributed by atoms with Crippen LogP contribution in [0.3, 0.4) is 0 Å². The van der Waals surface area contributed by atoms with Crippen LogP contribution in [0.15, 0.2) is 22.5 Å². The maximum atomic E-state index is 13.2. The molecule has 0 heterocycles. The number of carbonyl (C=O) groups excluding carboxylic acids is 2. The zero-order valence-electron chi connectivity index (χ0n) is 16.5. The fraction of sp³-hybridized carbons (Fsp3) is 0.714. The molecule has 0 aliphatic heterocycles. The van der Waals surface area contributed by atoms with Crippen molar-refractivity contribution in [1.29, 1.82) is 0 Å². The molecular formula is C21H30O5. The third kappa shape index (κ3) is 2.36. The van der Waals surface area contributed by atoms with E-state index in [1.54, 1.807) is 13.8 Å². The summed E-state index contributed by atoms with van der Waals surface area (Å²) >= 11 is 0. The average Bonchev–Trinajstić information content (AvgIpc) is 2.51. The molecule has 0 aromatic rings. The van der Waals surface area contributed by atoms with E-state index >= 15 is 0 Å². The molecule has 0 aromatic carbocycles. The number of rotatable bonds is 2. The molecule has 3 aliphatic carbocycles. The number of aliphatic hydroxyl groups excluding tert-OH is 2. The first-order chi connectivity index (χ1) is 12.0. The highest BCUT2D eigenvalue weighted by Crippen LogP contribution is 2.61. The van der Waals surface area contributed by atoms with Crippen LogP contribution in [-0.2, 0) is 14.3 Å². The van der Waals surface area contributed by atoms with Crippen LogP contribution >= 0.6 is 0 Å². The molecule has 1 fully saturated rings. The van der Waals surface area contributed by atoms with Crippen molar-refractivity contribution in [2.24, 2.45) is 22.7 Å². The summed E-state index contributed by atoms with van der Waals surface area (Å²) in [7, 11) is 1.47. The molecule has 0 saturated heterocycles. The van der Waals surface area contributed by atoms with Gasteiger partial charge in [0.05, 0.1) is 6.10 Å². The number of allylic oxidation sites excluding steroid dienone is 2. The summed E-state index contributed by atoms with van der Waals surface area (Å²) in [6.07, 6.45) is 0.882. The van der Waals surface area contributed by atoms with Gasteiger partial charge in [-0.1, -0.05) is 41.0 Å². The predicted molar refractivity (Wildman–Crippen MR) is 97.6 cm³/mol. The minimum absolute atomic E-state index is 0.125. The summed E-state index contributed by atoms with van der Waals surface area (Å²) in [6.45, 7) is 9.71. The lowest BCUT2D eigenvalue weighted by Gasteiger charge is -2.58. The van der Waals surface area contributed by atoms with Gasteiger partial charge in [0.25, 0.3) is 0 Å². The molecule has 5 heteroatoms. The van der Waals surface area contributed by atoms with E-state index in [4.69, 9.17) is 4.74 Å². The first-order valence-corrected chi connectivity index (χ1v) is 9.47. The van der Waals surface area contributed by atoms with Crippen molar-refractivity contribution in [2.75, 3.05) is 7.11 Å².